The second-order valence-corrected chi connectivity index (χ2v) is 7.30. The quantitative estimate of drug-likeness (QED) is 0.896. The van der Waals surface area contributed by atoms with Gasteiger partial charge in [0.25, 0.3) is 0 Å². The summed E-state index contributed by atoms with van der Waals surface area (Å²) < 4.78 is 24.8. The maximum Gasteiger partial charge on any atom is 0.163 e. The molecule has 0 amide bonds. The molecule has 1 saturated heterocycles. The van der Waals surface area contributed by atoms with Gasteiger partial charge < -0.3 is 14.6 Å². The summed E-state index contributed by atoms with van der Waals surface area (Å²) in [6.45, 7) is 4.23. The molecule has 1 aliphatic heterocycles. The van der Waals surface area contributed by atoms with Crippen LogP contribution in [0.1, 0.15) is 38.2 Å². The highest BCUT2D eigenvalue weighted by atomic mass is 19.1. The molecule has 2 fully saturated rings. The van der Waals surface area contributed by atoms with Gasteiger partial charge in [0.2, 0.25) is 0 Å². The average molecular weight is 337 g/mol. The first-order valence-corrected chi connectivity index (χ1v) is 8.83. The third kappa shape index (κ3) is 3.11. The van der Waals surface area contributed by atoms with Crippen LogP contribution in [-0.2, 0) is 6.54 Å². The van der Waals surface area contributed by atoms with Gasteiger partial charge in [0, 0.05) is 31.3 Å². The lowest BCUT2D eigenvalue weighted by atomic mass is 9.65. The van der Waals surface area contributed by atoms with Crippen LogP contribution in [-0.4, -0.2) is 42.9 Å². The van der Waals surface area contributed by atoms with Crippen molar-refractivity contribution < 1.29 is 19.0 Å². The molecule has 1 aromatic carbocycles. The van der Waals surface area contributed by atoms with E-state index in [-0.39, 0.29) is 11.7 Å². The maximum absolute atomic E-state index is 14.3. The van der Waals surface area contributed by atoms with Crippen LogP contribution in [0, 0.1) is 17.7 Å². The Morgan fingerprint density at radius 3 is 2.46 bits per heavy atom. The molecular formula is C19H28FNO3. The Hall–Kier alpha value is -1.33. The van der Waals surface area contributed by atoms with Gasteiger partial charge in [-0.15, -0.1) is 0 Å². The minimum Gasteiger partial charge on any atom is -0.493 e. The normalized spacial score (nSPS) is 28.5. The van der Waals surface area contributed by atoms with Crippen LogP contribution in [0.25, 0.3) is 0 Å². The lowest BCUT2D eigenvalue weighted by molar-refractivity contribution is -0.128. The Morgan fingerprint density at radius 2 is 1.92 bits per heavy atom. The summed E-state index contributed by atoms with van der Waals surface area (Å²) in [5, 5.41) is 11.0. The average Bonchev–Trinajstić information content (AvgIpc) is 2.51. The molecule has 4 nitrogen and oxygen atoms in total. The zero-order valence-electron chi connectivity index (χ0n) is 14.8. The molecule has 1 heterocycles. The molecule has 24 heavy (non-hydrogen) atoms. The molecule has 3 rings (SSSR count). The molecule has 1 saturated carbocycles. The van der Waals surface area contributed by atoms with Crippen molar-refractivity contribution >= 4 is 0 Å². The van der Waals surface area contributed by atoms with Crippen molar-refractivity contribution in [3.63, 3.8) is 0 Å². The van der Waals surface area contributed by atoms with Crippen molar-refractivity contribution in [3.8, 4) is 11.5 Å². The predicted molar refractivity (Wildman–Crippen MR) is 90.9 cm³/mol. The number of nitrogens with zero attached hydrogens (tertiary/aromatic N) is 1. The zero-order valence-corrected chi connectivity index (χ0v) is 14.8. The van der Waals surface area contributed by atoms with E-state index in [1.807, 2.05) is 0 Å². The fourth-order valence-corrected chi connectivity index (χ4v) is 4.14. The van der Waals surface area contributed by atoms with Crippen molar-refractivity contribution in [1.29, 1.82) is 0 Å². The highest BCUT2D eigenvalue weighted by Gasteiger charge is 2.46. The number of methoxy groups -OCH3 is 2. The van der Waals surface area contributed by atoms with Gasteiger partial charge in [0.1, 0.15) is 5.82 Å². The van der Waals surface area contributed by atoms with Gasteiger partial charge in [-0.1, -0.05) is 13.3 Å². The summed E-state index contributed by atoms with van der Waals surface area (Å²) in [7, 11) is 3.06. The van der Waals surface area contributed by atoms with E-state index in [2.05, 4.69) is 11.8 Å². The minimum atomic E-state index is -0.537. The predicted octanol–water partition coefficient (Wildman–Crippen LogP) is 3.22. The Balaban J connectivity index is 1.69. The fraction of sp³-hybridized carbons (Fsp3) is 0.684. The van der Waals surface area contributed by atoms with E-state index < -0.39 is 5.60 Å². The molecule has 1 N–H and O–H groups in total. The number of hydrogen-bond donors (Lipinski definition) is 1. The van der Waals surface area contributed by atoms with Gasteiger partial charge in [-0.25, -0.2) is 4.39 Å². The number of ether oxygens (including phenoxy) is 2. The van der Waals surface area contributed by atoms with E-state index in [0.29, 0.717) is 29.5 Å². The molecule has 2 aliphatic rings. The molecule has 0 unspecified atom stereocenters. The second kappa shape index (κ2) is 6.89. The third-order valence-corrected chi connectivity index (χ3v) is 5.97. The molecule has 0 bridgehead atoms. The van der Waals surface area contributed by atoms with E-state index >= 15 is 0 Å². The van der Waals surface area contributed by atoms with Gasteiger partial charge in [-0.3, -0.25) is 4.90 Å². The number of hydrogen-bond acceptors (Lipinski definition) is 4. The van der Waals surface area contributed by atoms with Gasteiger partial charge in [0.05, 0.1) is 19.8 Å². The van der Waals surface area contributed by atoms with Crippen LogP contribution >= 0.6 is 0 Å². The van der Waals surface area contributed by atoms with E-state index in [1.165, 1.54) is 19.6 Å². The van der Waals surface area contributed by atoms with Crippen molar-refractivity contribution in [2.45, 2.75) is 44.8 Å². The van der Waals surface area contributed by atoms with E-state index in [0.717, 1.165) is 32.4 Å². The van der Waals surface area contributed by atoms with Crippen molar-refractivity contribution in [2.24, 2.45) is 11.8 Å². The topological polar surface area (TPSA) is 41.9 Å². The molecule has 5 heteroatoms. The number of aliphatic hydroxyl groups is 1. The lowest BCUT2D eigenvalue weighted by Gasteiger charge is -2.50. The number of likely N-dealkylation sites (tertiary alicyclic amines) is 1. The summed E-state index contributed by atoms with van der Waals surface area (Å²) in [6.07, 6.45) is 4.30. The van der Waals surface area contributed by atoms with Gasteiger partial charge in [-0.05, 0) is 37.2 Å². The number of rotatable bonds is 5. The number of piperidine rings is 1. The summed E-state index contributed by atoms with van der Waals surface area (Å²) in [5.74, 6) is 1.34. The number of benzene rings is 1. The first-order chi connectivity index (χ1) is 11.5. The largest absolute Gasteiger partial charge is 0.493 e. The fourth-order valence-electron chi connectivity index (χ4n) is 4.14. The SMILES string of the molecule is COc1cc(F)c(CN2CC[C@@](O)(C3CCC3)[C@H](C)C2)cc1OC. The van der Waals surface area contributed by atoms with Gasteiger partial charge >= 0.3 is 0 Å². The minimum absolute atomic E-state index is 0.208. The van der Waals surface area contributed by atoms with Crippen LogP contribution in [0.4, 0.5) is 4.39 Å². The van der Waals surface area contributed by atoms with E-state index in [9.17, 15) is 9.50 Å². The molecule has 134 valence electrons. The Kier molecular flexibility index (Phi) is 5.02. The molecule has 1 aliphatic carbocycles. The standard InChI is InChI=1S/C19H28FNO3/c1-13-11-21(8-7-19(13,22)15-5-4-6-15)12-14-9-17(23-2)18(24-3)10-16(14)20/h9-10,13,15,22H,4-8,11-12H2,1-3H3/t13-,19+/m1/s1. The summed E-state index contributed by atoms with van der Waals surface area (Å²) in [6, 6.07) is 3.10. The van der Waals surface area contributed by atoms with Crippen LogP contribution < -0.4 is 9.47 Å². The molecule has 2 atom stereocenters. The molecule has 0 radical (unpaired) electrons. The Morgan fingerprint density at radius 1 is 1.25 bits per heavy atom. The molecule has 1 aromatic rings. The third-order valence-electron chi connectivity index (χ3n) is 5.97. The summed E-state index contributed by atoms with van der Waals surface area (Å²) in [5.41, 5.74) is 0.0687. The molecule has 0 spiro atoms. The summed E-state index contributed by atoms with van der Waals surface area (Å²) in [4.78, 5) is 2.22. The van der Waals surface area contributed by atoms with E-state index in [1.54, 1.807) is 13.2 Å². The van der Waals surface area contributed by atoms with Crippen LogP contribution in [0.3, 0.4) is 0 Å². The van der Waals surface area contributed by atoms with Crippen molar-refractivity contribution in [2.75, 3.05) is 27.3 Å². The highest BCUT2D eigenvalue weighted by Crippen LogP contribution is 2.44. The summed E-state index contributed by atoms with van der Waals surface area (Å²) >= 11 is 0. The molecular weight excluding hydrogens is 309 g/mol. The van der Waals surface area contributed by atoms with Gasteiger partial charge in [-0.2, -0.15) is 0 Å². The van der Waals surface area contributed by atoms with Gasteiger partial charge in [0.15, 0.2) is 11.5 Å². The number of halogens is 1. The van der Waals surface area contributed by atoms with Crippen LogP contribution in [0.2, 0.25) is 0 Å². The van der Waals surface area contributed by atoms with Crippen LogP contribution in [0.5, 0.6) is 11.5 Å². The van der Waals surface area contributed by atoms with Crippen molar-refractivity contribution in [3.05, 3.63) is 23.5 Å². The highest BCUT2D eigenvalue weighted by molar-refractivity contribution is 5.43. The maximum atomic E-state index is 14.3. The second-order valence-electron chi connectivity index (χ2n) is 7.30. The smallest absolute Gasteiger partial charge is 0.163 e. The lowest BCUT2D eigenvalue weighted by Crippen LogP contribution is -2.56. The first-order valence-electron chi connectivity index (χ1n) is 8.83. The Bertz CT molecular complexity index is 590. The van der Waals surface area contributed by atoms with Crippen LogP contribution in [0.15, 0.2) is 12.1 Å². The van der Waals surface area contributed by atoms with Crippen molar-refractivity contribution in [1.82, 2.24) is 4.90 Å². The molecule has 0 aromatic heterocycles. The zero-order chi connectivity index (χ0) is 17.3. The first kappa shape index (κ1) is 17.5. The monoisotopic (exact) mass is 337 g/mol. The van der Waals surface area contributed by atoms with E-state index in [4.69, 9.17) is 9.47 Å². The Labute approximate surface area is 143 Å².